The first-order valence-electron chi connectivity index (χ1n) is 11.1. The van der Waals surface area contributed by atoms with Crippen LogP contribution in [0.3, 0.4) is 0 Å². The van der Waals surface area contributed by atoms with Crippen molar-refractivity contribution in [1.82, 2.24) is 10.3 Å². The highest BCUT2D eigenvalue weighted by Gasteiger charge is 2.65. The fourth-order valence-corrected chi connectivity index (χ4v) is 4.45. The molecule has 1 amide bonds. The SMILES string of the molecule is CN[C@H](COC)c1cc(NC(=O)[C@@H]2O[C@@](C)(C(F)(F)F)[C@@H](C)[C@H]2c2ccc(F)c(F)c2OC)ccn1. The molecule has 0 unspecified atom stereocenters. The number of benzene rings is 1. The number of methoxy groups -OCH3 is 2. The molecule has 2 N–H and O–H groups in total. The smallest absolute Gasteiger partial charge is 0.417 e. The van der Waals surface area contributed by atoms with Crippen LogP contribution in [0.2, 0.25) is 0 Å². The number of carbonyl (C=O) groups excluding carboxylic acids is 1. The Bertz CT molecular complexity index is 1100. The van der Waals surface area contributed by atoms with Crippen LogP contribution in [0.15, 0.2) is 30.5 Å². The number of nitrogens with one attached hydrogen (secondary N) is 2. The molecule has 1 aliphatic heterocycles. The number of pyridine rings is 1. The minimum Gasteiger partial charge on any atom is -0.493 e. The number of aromatic nitrogens is 1. The summed E-state index contributed by atoms with van der Waals surface area (Å²) in [5, 5.41) is 5.58. The van der Waals surface area contributed by atoms with Crippen molar-refractivity contribution < 1.29 is 41.0 Å². The quantitative estimate of drug-likeness (QED) is 0.507. The van der Waals surface area contributed by atoms with Gasteiger partial charge in [0.1, 0.15) is 6.10 Å². The van der Waals surface area contributed by atoms with Crippen LogP contribution in [0.4, 0.5) is 27.6 Å². The van der Waals surface area contributed by atoms with E-state index in [9.17, 15) is 26.7 Å². The Morgan fingerprint density at radius 2 is 1.94 bits per heavy atom. The fourth-order valence-electron chi connectivity index (χ4n) is 4.45. The van der Waals surface area contributed by atoms with Crippen LogP contribution in [0.25, 0.3) is 0 Å². The molecule has 7 nitrogen and oxygen atoms in total. The minimum absolute atomic E-state index is 0.109. The number of alkyl halides is 3. The number of likely N-dealkylation sites (N-methyl/N-ethyl adjacent to an activating group) is 1. The van der Waals surface area contributed by atoms with Crippen LogP contribution >= 0.6 is 0 Å². The van der Waals surface area contributed by atoms with Gasteiger partial charge in [0.2, 0.25) is 5.82 Å². The molecule has 0 bridgehead atoms. The van der Waals surface area contributed by atoms with E-state index >= 15 is 0 Å². The second-order valence-electron chi connectivity index (χ2n) is 8.70. The van der Waals surface area contributed by atoms with Gasteiger partial charge >= 0.3 is 6.18 Å². The van der Waals surface area contributed by atoms with Crippen LogP contribution < -0.4 is 15.4 Å². The number of anilines is 1. The molecular formula is C24H28F5N3O4. The summed E-state index contributed by atoms with van der Waals surface area (Å²) in [4.78, 5) is 17.6. The van der Waals surface area contributed by atoms with E-state index in [1.807, 2.05) is 0 Å². The number of ether oxygens (including phenoxy) is 3. The van der Waals surface area contributed by atoms with E-state index in [2.05, 4.69) is 15.6 Å². The third kappa shape index (κ3) is 5.02. The van der Waals surface area contributed by atoms with E-state index in [4.69, 9.17) is 14.2 Å². The van der Waals surface area contributed by atoms with Crippen LogP contribution in [0, 0.1) is 17.6 Å². The highest BCUT2D eigenvalue weighted by atomic mass is 19.4. The molecule has 0 spiro atoms. The molecule has 12 heteroatoms. The zero-order chi connectivity index (χ0) is 26.8. The zero-order valence-corrected chi connectivity index (χ0v) is 20.4. The maximum atomic E-state index is 14.5. The first kappa shape index (κ1) is 27.8. The maximum absolute atomic E-state index is 14.5. The monoisotopic (exact) mass is 517 g/mol. The number of nitrogens with zero attached hydrogens (tertiary/aromatic N) is 1. The third-order valence-corrected chi connectivity index (χ3v) is 6.66. The van der Waals surface area contributed by atoms with Crippen molar-refractivity contribution in [2.75, 3.05) is 33.2 Å². The maximum Gasteiger partial charge on any atom is 0.417 e. The molecule has 0 saturated carbocycles. The van der Waals surface area contributed by atoms with Crippen LogP contribution in [-0.4, -0.2) is 56.6 Å². The first-order valence-corrected chi connectivity index (χ1v) is 11.1. The summed E-state index contributed by atoms with van der Waals surface area (Å²) in [5.74, 6) is -6.73. The Kier molecular flexibility index (Phi) is 8.21. The molecule has 1 fully saturated rings. The number of carbonyl (C=O) groups is 1. The van der Waals surface area contributed by atoms with Gasteiger partial charge in [0.05, 0.1) is 25.5 Å². The van der Waals surface area contributed by atoms with Gasteiger partial charge in [0, 0.05) is 36.4 Å². The van der Waals surface area contributed by atoms with Gasteiger partial charge in [-0.3, -0.25) is 9.78 Å². The van der Waals surface area contributed by atoms with Gasteiger partial charge in [-0.2, -0.15) is 17.6 Å². The molecule has 1 saturated heterocycles. The highest BCUT2D eigenvalue weighted by molar-refractivity contribution is 5.95. The summed E-state index contributed by atoms with van der Waals surface area (Å²) < 4.78 is 86.0. The van der Waals surface area contributed by atoms with Crippen molar-refractivity contribution >= 4 is 11.6 Å². The van der Waals surface area contributed by atoms with E-state index < -0.39 is 53.0 Å². The lowest BCUT2D eigenvalue weighted by molar-refractivity contribution is -0.272. The number of rotatable bonds is 8. The summed E-state index contributed by atoms with van der Waals surface area (Å²) in [5.41, 5.74) is -2.07. The van der Waals surface area contributed by atoms with Gasteiger partial charge in [-0.05, 0) is 32.2 Å². The van der Waals surface area contributed by atoms with E-state index in [-0.39, 0.29) is 23.9 Å². The van der Waals surface area contributed by atoms with Gasteiger partial charge < -0.3 is 24.8 Å². The lowest BCUT2D eigenvalue weighted by atomic mass is 9.77. The van der Waals surface area contributed by atoms with Gasteiger partial charge in [-0.15, -0.1) is 0 Å². The van der Waals surface area contributed by atoms with Gasteiger partial charge in [0.25, 0.3) is 5.91 Å². The Labute approximate surface area is 205 Å². The first-order chi connectivity index (χ1) is 16.9. The van der Waals surface area contributed by atoms with Crippen molar-refractivity contribution in [2.45, 2.75) is 43.7 Å². The van der Waals surface area contributed by atoms with Crippen molar-refractivity contribution in [3.8, 4) is 5.75 Å². The molecule has 5 atom stereocenters. The van der Waals surface area contributed by atoms with Crippen LogP contribution in [0.1, 0.15) is 37.1 Å². The summed E-state index contributed by atoms with van der Waals surface area (Å²) in [6.07, 6.45) is -5.12. The lowest BCUT2D eigenvalue weighted by Gasteiger charge is -2.32. The molecule has 1 aromatic heterocycles. The molecule has 2 aromatic rings. The van der Waals surface area contributed by atoms with Crippen LogP contribution in [-0.2, 0) is 14.3 Å². The van der Waals surface area contributed by atoms with E-state index in [0.29, 0.717) is 5.69 Å². The topological polar surface area (TPSA) is 81.7 Å². The van der Waals surface area contributed by atoms with Gasteiger partial charge in [-0.1, -0.05) is 13.0 Å². The fraction of sp³-hybridized carbons (Fsp3) is 0.500. The standard InChI is InChI=1S/C24H28F5N3O4/c1-12-18(14-6-7-15(25)19(26)20(14)35-5)21(36-23(12,2)24(27,28)29)22(33)32-13-8-9-31-16(10-13)17(30-3)11-34-4/h6-10,12,17-18,21,30H,11H2,1-5H3,(H,31,32,33)/t12-,17+,18-,21+,23+/m0/s1. The number of halogens is 5. The average molecular weight is 517 g/mol. The van der Waals surface area contributed by atoms with Crippen molar-refractivity contribution in [3.63, 3.8) is 0 Å². The summed E-state index contributed by atoms with van der Waals surface area (Å²) >= 11 is 0. The molecule has 36 heavy (non-hydrogen) atoms. The molecule has 1 aliphatic rings. The number of hydrogen-bond acceptors (Lipinski definition) is 6. The Morgan fingerprint density at radius 3 is 2.53 bits per heavy atom. The zero-order valence-electron chi connectivity index (χ0n) is 20.4. The van der Waals surface area contributed by atoms with Crippen molar-refractivity contribution in [1.29, 1.82) is 0 Å². The summed E-state index contributed by atoms with van der Waals surface area (Å²) in [6.45, 7) is 2.36. The molecule has 0 aliphatic carbocycles. The molecule has 198 valence electrons. The predicted molar refractivity (Wildman–Crippen MR) is 121 cm³/mol. The highest BCUT2D eigenvalue weighted by Crippen LogP contribution is 2.55. The number of amides is 1. The van der Waals surface area contributed by atoms with Crippen molar-refractivity contribution in [2.24, 2.45) is 5.92 Å². The second kappa shape index (κ2) is 10.7. The largest absolute Gasteiger partial charge is 0.493 e. The Morgan fingerprint density at radius 1 is 1.25 bits per heavy atom. The molecule has 0 radical (unpaired) electrons. The Hall–Kier alpha value is -2.83. The summed E-state index contributed by atoms with van der Waals surface area (Å²) in [6, 6.07) is 4.60. The molecule has 2 heterocycles. The van der Waals surface area contributed by atoms with E-state index in [1.165, 1.54) is 26.3 Å². The van der Waals surface area contributed by atoms with Gasteiger partial charge in [-0.25, -0.2) is 4.39 Å². The molecular weight excluding hydrogens is 489 g/mol. The average Bonchev–Trinajstić information content (AvgIpc) is 3.11. The van der Waals surface area contributed by atoms with E-state index in [1.54, 1.807) is 13.1 Å². The third-order valence-electron chi connectivity index (χ3n) is 6.66. The molecule has 1 aromatic carbocycles. The second-order valence-corrected chi connectivity index (χ2v) is 8.70. The lowest BCUT2D eigenvalue weighted by Crippen LogP contribution is -2.47. The van der Waals surface area contributed by atoms with E-state index in [0.717, 1.165) is 26.2 Å². The predicted octanol–water partition coefficient (Wildman–Crippen LogP) is 4.35. The summed E-state index contributed by atoms with van der Waals surface area (Å²) in [7, 11) is 4.28. The normalized spacial score (nSPS) is 25.0. The van der Waals surface area contributed by atoms with Crippen LogP contribution in [0.5, 0.6) is 5.75 Å². The Balaban J connectivity index is 2.02. The molecule has 3 rings (SSSR count). The van der Waals surface area contributed by atoms with Crippen molar-refractivity contribution in [3.05, 3.63) is 53.4 Å². The number of hydrogen-bond donors (Lipinski definition) is 2. The van der Waals surface area contributed by atoms with Gasteiger partial charge in [0.15, 0.2) is 17.2 Å². The minimum atomic E-state index is -4.85.